The summed E-state index contributed by atoms with van der Waals surface area (Å²) in [5.74, 6) is 2.16. The van der Waals surface area contributed by atoms with Crippen molar-refractivity contribution in [2.45, 2.75) is 24.4 Å². The number of anilines is 1. The van der Waals surface area contributed by atoms with Gasteiger partial charge in [0.2, 0.25) is 0 Å². The fourth-order valence-electron chi connectivity index (χ4n) is 3.49. The highest BCUT2D eigenvalue weighted by Gasteiger charge is 2.18. The zero-order valence-electron chi connectivity index (χ0n) is 18.0. The number of halogens is 1. The summed E-state index contributed by atoms with van der Waals surface area (Å²) in [4.78, 5) is 26.1. The third-order valence-corrected chi connectivity index (χ3v) is 6.50. The molecule has 1 N–H and O–H groups in total. The topological polar surface area (TPSA) is 74.5 Å². The van der Waals surface area contributed by atoms with Crippen LogP contribution < -0.4 is 10.2 Å². The molecular formula is C23H26ClN5O2S. The summed E-state index contributed by atoms with van der Waals surface area (Å²) in [6.07, 6.45) is 1.59. The minimum Gasteiger partial charge on any atom is -0.467 e. The van der Waals surface area contributed by atoms with Crippen molar-refractivity contribution in [2.24, 2.45) is 0 Å². The maximum absolute atomic E-state index is 12.3. The number of thioether (sulfide) groups is 1. The molecule has 32 heavy (non-hydrogen) atoms. The van der Waals surface area contributed by atoms with Gasteiger partial charge in [0.1, 0.15) is 16.7 Å². The molecule has 1 saturated heterocycles. The molecule has 0 aliphatic carbocycles. The number of piperazine rings is 1. The summed E-state index contributed by atoms with van der Waals surface area (Å²) in [7, 11) is 0. The standard InChI is InChI=1S/C23H26ClN5O2S/c1-2-28-9-11-29(12-10-28)21-14-20(24)26-23(27-21)32-16-17-5-7-18(8-6-17)22(30)25-15-19-4-3-13-31-19/h3-8,13-14H,2,9-12,15-16H2,1H3,(H,25,30). The predicted octanol–water partition coefficient (Wildman–Crippen LogP) is 4.09. The van der Waals surface area contributed by atoms with E-state index in [9.17, 15) is 4.79 Å². The largest absolute Gasteiger partial charge is 0.467 e. The van der Waals surface area contributed by atoms with Crippen molar-refractivity contribution in [1.29, 1.82) is 0 Å². The Kier molecular flexibility index (Phi) is 7.68. The number of rotatable bonds is 8. The van der Waals surface area contributed by atoms with Crippen LogP contribution in [0.2, 0.25) is 5.15 Å². The number of amides is 1. The lowest BCUT2D eigenvalue weighted by atomic mass is 10.1. The molecule has 4 rings (SSSR count). The smallest absolute Gasteiger partial charge is 0.251 e. The van der Waals surface area contributed by atoms with E-state index in [1.54, 1.807) is 12.3 Å². The van der Waals surface area contributed by atoms with Gasteiger partial charge in [0.15, 0.2) is 5.16 Å². The first-order valence-electron chi connectivity index (χ1n) is 10.6. The highest BCUT2D eigenvalue weighted by Crippen LogP contribution is 2.25. The summed E-state index contributed by atoms with van der Waals surface area (Å²) in [6.45, 7) is 7.56. The van der Waals surface area contributed by atoms with Crippen LogP contribution in [-0.4, -0.2) is 53.5 Å². The molecule has 0 spiro atoms. The predicted molar refractivity (Wildman–Crippen MR) is 127 cm³/mol. The van der Waals surface area contributed by atoms with E-state index in [1.807, 2.05) is 36.4 Å². The van der Waals surface area contributed by atoms with Crippen LogP contribution in [0.1, 0.15) is 28.6 Å². The van der Waals surface area contributed by atoms with Crippen LogP contribution in [0.5, 0.6) is 0 Å². The van der Waals surface area contributed by atoms with Crippen molar-refractivity contribution in [2.75, 3.05) is 37.6 Å². The molecule has 0 bridgehead atoms. The van der Waals surface area contributed by atoms with E-state index in [4.69, 9.17) is 21.0 Å². The zero-order chi connectivity index (χ0) is 22.3. The zero-order valence-corrected chi connectivity index (χ0v) is 19.5. The van der Waals surface area contributed by atoms with E-state index in [0.717, 1.165) is 49.9 Å². The number of aromatic nitrogens is 2. The number of likely N-dealkylation sites (N-methyl/N-ethyl adjacent to an activating group) is 1. The second kappa shape index (κ2) is 10.8. The van der Waals surface area contributed by atoms with Gasteiger partial charge in [0.25, 0.3) is 5.91 Å². The molecule has 0 saturated carbocycles. The van der Waals surface area contributed by atoms with Crippen LogP contribution >= 0.6 is 23.4 Å². The summed E-state index contributed by atoms with van der Waals surface area (Å²) in [6, 6.07) is 13.0. The quantitative estimate of drug-likeness (QED) is 0.301. The maximum atomic E-state index is 12.3. The fraction of sp³-hybridized carbons (Fsp3) is 0.348. The first kappa shape index (κ1) is 22.6. The average Bonchev–Trinajstić information content (AvgIpc) is 3.35. The molecule has 3 heterocycles. The molecule has 168 valence electrons. The number of nitrogens with zero attached hydrogens (tertiary/aromatic N) is 4. The number of hydrogen-bond acceptors (Lipinski definition) is 7. The Morgan fingerprint density at radius 3 is 2.62 bits per heavy atom. The first-order chi connectivity index (χ1) is 15.6. The summed E-state index contributed by atoms with van der Waals surface area (Å²) >= 11 is 7.81. The highest BCUT2D eigenvalue weighted by molar-refractivity contribution is 7.98. The molecule has 1 amide bonds. The van der Waals surface area contributed by atoms with Gasteiger partial charge >= 0.3 is 0 Å². The third kappa shape index (κ3) is 6.03. The van der Waals surface area contributed by atoms with Gasteiger partial charge in [-0.1, -0.05) is 42.4 Å². The average molecular weight is 472 g/mol. The van der Waals surface area contributed by atoms with E-state index in [0.29, 0.717) is 28.2 Å². The second-order valence-corrected chi connectivity index (χ2v) is 8.83. The van der Waals surface area contributed by atoms with Gasteiger partial charge in [-0.2, -0.15) is 0 Å². The van der Waals surface area contributed by atoms with Crippen LogP contribution in [0.25, 0.3) is 0 Å². The van der Waals surface area contributed by atoms with Crippen molar-refractivity contribution in [3.05, 3.63) is 70.8 Å². The van der Waals surface area contributed by atoms with E-state index >= 15 is 0 Å². The highest BCUT2D eigenvalue weighted by atomic mass is 35.5. The van der Waals surface area contributed by atoms with Crippen LogP contribution in [0, 0.1) is 0 Å². The van der Waals surface area contributed by atoms with E-state index in [-0.39, 0.29) is 5.91 Å². The lowest BCUT2D eigenvalue weighted by Crippen LogP contribution is -2.46. The third-order valence-electron chi connectivity index (χ3n) is 5.39. The number of carbonyl (C=O) groups excluding carboxylic acids is 1. The van der Waals surface area contributed by atoms with E-state index in [2.05, 4.69) is 27.0 Å². The molecule has 2 aromatic heterocycles. The normalized spacial score (nSPS) is 14.5. The summed E-state index contributed by atoms with van der Waals surface area (Å²) < 4.78 is 5.23. The van der Waals surface area contributed by atoms with Gasteiger partial charge in [-0.15, -0.1) is 0 Å². The SMILES string of the molecule is CCN1CCN(c2cc(Cl)nc(SCc3ccc(C(=O)NCc4ccco4)cc3)n2)CC1. The molecule has 0 radical (unpaired) electrons. The molecule has 1 aliphatic heterocycles. The second-order valence-electron chi connectivity index (χ2n) is 7.50. The van der Waals surface area contributed by atoms with Gasteiger partial charge < -0.3 is 19.5 Å². The number of hydrogen-bond donors (Lipinski definition) is 1. The van der Waals surface area contributed by atoms with Crippen molar-refractivity contribution in [1.82, 2.24) is 20.2 Å². The Bertz CT molecular complexity index is 1020. The first-order valence-corrected chi connectivity index (χ1v) is 12.0. The summed E-state index contributed by atoms with van der Waals surface area (Å²) in [5.41, 5.74) is 1.69. The van der Waals surface area contributed by atoms with Gasteiger partial charge in [-0.05, 0) is 36.4 Å². The molecule has 0 unspecified atom stereocenters. The Morgan fingerprint density at radius 1 is 1.16 bits per heavy atom. The molecule has 7 nitrogen and oxygen atoms in total. The number of carbonyl (C=O) groups is 1. The number of furan rings is 1. The summed E-state index contributed by atoms with van der Waals surface area (Å²) in [5, 5.41) is 3.96. The lowest BCUT2D eigenvalue weighted by molar-refractivity contribution is 0.0948. The number of nitrogens with one attached hydrogen (secondary N) is 1. The Labute approximate surface area is 197 Å². The van der Waals surface area contributed by atoms with Gasteiger partial charge in [0.05, 0.1) is 12.8 Å². The molecule has 0 atom stereocenters. The maximum Gasteiger partial charge on any atom is 0.251 e. The van der Waals surface area contributed by atoms with Crippen LogP contribution in [0.4, 0.5) is 5.82 Å². The van der Waals surface area contributed by atoms with Gasteiger partial charge in [0, 0.05) is 43.6 Å². The van der Waals surface area contributed by atoms with Crippen LogP contribution in [0.3, 0.4) is 0 Å². The lowest BCUT2D eigenvalue weighted by Gasteiger charge is -2.34. The van der Waals surface area contributed by atoms with Crippen molar-refractivity contribution < 1.29 is 9.21 Å². The van der Waals surface area contributed by atoms with Crippen molar-refractivity contribution >= 4 is 35.1 Å². The van der Waals surface area contributed by atoms with Crippen LogP contribution in [-0.2, 0) is 12.3 Å². The molecule has 1 aromatic carbocycles. The monoisotopic (exact) mass is 471 g/mol. The van der Waals surface area contributed by atoms with E-state index < -0.39 is 0 Å². The molecule has 3 aromatic rings. The van der Waals surface area contributed by atoms with Gasteiger partial charge in [-0.25, -0.2) is 9.97 Å². The minimum atomic E-state index is -0.133. The minimum absolute atomic E-state index is 0.133. The number of benzene rings is 1. The molecule has 1 aliphatic rings. The van der Waals surface area contributed by atoms with Crippen molar-refractivity contribution in [3.8, 4) is 0 Å². The van der Waals surface area contributed by atoms with Gasteiger partial charge in [-0.3, -0.25) is 4.79 Å². The molecule has 1 fully saturated rings. The van der Waals surface area contributed by atoms with Crippen LogP contribution in [0.15, 0.2) is 58.3 Å². The molecular weight excluding hydrogens is 446 g/mol. The Balaban J connectivity index is 1.32. The Hall–Kier alpha value is -2.55. The van der Waals surface area contributed by atoms with Crippen molar-refractivity contribution in [3.63, 3.8) is 0 Å². The fourth-order valence-corrected chi connectivity index (χ4v) is 4.52. The Morgan fingerprint density at radius 2 is 1.94 bits per heavy atom. The molecule has 9 heteroatoms. The van der Waals surface area contributed by atoms with E-state index in [1.165, 1.54) is 11.8 Å².